The number of hydrogen-bond acceptors (Lipinski definition) is 5. The van der Waals surface area contributed by atoms with Crippen molar-refractivity contribution in [2.75, 3.05) is 13.7 Å². The van der Waals surface area contributed by atoms with Crippen LogP contribution in [0.3, 0.4) is 0 Å². The lowest BCUT2D eigenvalue weighted by Gasteiger charge is -2.13. The first-order chi connectivity index (χ1) is 12.1. The molecule has 0 atom stereocenters. The Hall–Kier alpha value is -2.44. The maximum absolute atomic E-state index is 12.6. The van der Waals surface area contributed by atoms with E-state index in [-0.39, 0.29) is 18.2 Å². The maximum atomic E-state index is 12.6. The number of carbonyl (C=O) groups excluding carboxylic acids is 2. The number of Topliss-reactive ketones (excluding diaryl/α,β-unsaturated/α-hetero) is 1. The van der Waals surface area contributed by atoms with Crippen molar-refractivity contribution in [1.29, 1.82) is 0 Å². The number of rotatable bonds is 5. The number of ether oxygens (including phenoxy) is 1. The van der Waals surface area contributed by atoms with Gasteiger partial charge in [-0.15, -0.1) is 0 Å². The molecule has 6 heteroatoms. The van der Waals surface area contributed by atoms with Crippen LogP contribution in [0.2, 0.25) is 0 Å². The van der Waals surface area contributed by atoms with Gasteiger partial charge in [0.15, 0.2) is 5.78 Å². The van der Waals surface area contributed by atoms with Gasteiger partial charge < -0.3 is 4.74 Å². The third-order valence-corrected chi connectivity index (χ3v) is 5.06. The normalized spacial score (nSPS) is 15.7. The highest BCUT2D eigenvalue weighted by atomic mass is 32.2. The van der Waals surface area contributed by atoms with Gasteiger partial charge in [0.1, 0.15) is 10.1 Å². The molecule has 25 heavy (non-hydrogen) atoms. The van der Waals surface area contributed by atoms with E-state index in [1.54, 1.807) is 37.5 Å². The average Bonchev–Trinajstić information content (AvgIpc) is 2.90. The van der Waals surface area contributed by atoms with Gasteiger partial charge in [-0.2, -0.15) is 0 Å². The molecule has 2 aromatic rings. The van der Waals surface area contributed by atoms with Crippen LogP contribution in [0.25, 0.3) is 6.08 Å². The third kappa shape index (κ3) is 3.97. The molecule has 1 aliphatic rings. The van der Waals surface area contributed by atoms with Crippen molar-refractivity contribution in [1.82, 2.24) is 4.90 Å². The van der Waals surface area contributed by atoms with E-state index in [0.717, 1.165) is 11.3 Å². The Balaban J connectivity index is 1.75. The molecule has 0 saturated carbocycles. The minimum atomic E-state index is -0.241. The summed E-state index contributed by atoms with van der Waals surface area (Å²) in [6.45, 7) is -0.0470. The van der Waals surface area contributed by atoms with E-state index < -0.39 is 0 Å². The first kappa shape index (κ1) is 17.4. The van der Waals surface area contributed by atoms with Gasteiger partial charge in [0.05, 0.1) is 18.6 Å². The molecular weight excluding hydrogens is 354 g/mol. The molecule has 0 unspecified atom stereocenters. The number of benzene rings is 2. The first-order valence-electron chi connectivity index (χ1n) is 7.56. The van der Waals surface area contributed by atoms with Crippen LogP contribution in [0.5, 0.6) is 5.75 Å². The Morgan fingerprint density at radius 3 is 2.48 bits per heavy atom. The second-order valence-electron chi connectivity index (χ2n) is 5.33. The van der Waals surface area contributed by atoms with E-state index in [2.05, 4.69) is 0 Å². The smallest absolute Gasteiger partial charge is 0.266 e. The van der Waals surface area contributed by atoms with Crippen LogP contribution in [-0.4, -0.2) is 34.6 Å². The Morgan fingerprint density at radius 1 is 1.16 bits per heavy atom. The summed E-state index contributed by atoms with van der Waals surface area (Å²) in [4.78, 5) is 26.8. The van der Waals surface area contributed by atoms with Crippen LogP contribution in [-0.2, 0) is 4.79 Å². The fourth-order valence-electron chi connectivity index (χ4n) is 2.35. The summed E-state index contributed by atoms with van der Waals surface area (Å²) in [5, 5.41) is 0. The zero-order chi connectivity index (χ0) is 17.8. The fraction of sp³-hybridized carbons (Fsp3) is 0.105. The molecule has 2 aromatic carbocycles. The van der Waals surface area contributed by atoms with Crippen molar-refractivity contribution < 1.29 is 14.3 Å². The van der Waals surface area contributed by atoms with E-state index in [0.29, 0.717) is 14.8 Å². The zero-order valence-corrected chi connectivity index (χ0v) is 15.1. The van der Waals surface area contributed by atoms with Crippen LogP contribution in [0.4, 0.5) is 0 Å². The molecule has 1 fully saturated rings. The number of ketones is 1. The third-order valence-electron chi connectivity index (χ3n) is 3.68. The lowest BCUT2D eigenvalue weighted by atomic mass is 10.1. The van der Waals surface area contributed by atoms with Crippen LogP contribution in [0.15, 0.2) is 59.5 Å². The molecule has 0 aliphatic carbocycles. The van der Waals surface area contributed by atoms with Crippen molar-refractivity contribution in [3.8, 4) is 5.75 Å². The predicted octanol–water partition coefficient (Wildman–Crippen LogP) is 3.78. The zero-order valence-electron chi connectivity index (χ0n) is 13.5. The molecule has 0 N–H and O–H groups in total. The SMILES string of the molecule is COc1ccc(/C=C2/SC(=S)N(CC(=O)c3ccccc3)C2=O)cc1. The highest BCUT2D eigenvalue weighted by Crippen LogP contribution is 2.32. The van der Waals surface area contributed by atoms with Gasteiger partial charge >= 0.3 is 0 Å². The minimum absolute atomic E-state index is 0.0470. The van der Waals surface area contributed by atoms with Gasteiger partial charge in [-0.1, -0.05) is 66.4 Å². The van der Waals surface area contributed by atoms with Crippen LogP contribution < -0.4 is 4.74 Å². The molecular formula is C19H15NO3S2. The quantitative estimate of drug-likeness (QED) is 0.456. The number of carbonyl (C=O) groups is 2. The second-order valence-corrected chi connectivity index (χ2v) is 7.01. The molecule has 1 heterocycles. The molecule has 0 aromatic heterocycles. The van der Waals surface area contributed by atoms with Crippen LogP contribution >= 0.6 is 24.0 Å². The molecule has 0 spiro atoms. The Labute approximate surface area is 155 Å². The highest BCUT2D eigenvalue weighted by molar-refractivity contribution is 8.26. The van der Waals surface area contributed by atoms with Gasteiger partial charge in [0, 0.05) is 5.56 Å². The van der Waals surface area contributed by atoms with E-state index in [4.69, 9.17) is 17.0 Å². The number of thioether (sulfide) groups is 1. The van der Waals surface area contributed by atoms with Crippen LogP contribution in [0, 0.1) is 0 Å². The highest BCUT2D eigenvalue weighted by Gasteiger charge is 2.33. The summed E-state index contributed by atoms with van der Waals surface area (Å²) in [6, 6.07) is 16.3. The minimum Gasteiger partial charge on any atom is -0.497 e. The summed E-state index contributed by atoms with van der Waals surface area (Å²) >= 11 is 6.48. The number of amides is 1. The van der Waals surface area contributed by atoms with Gasteiger partial charge in [-0.25, -0.2) is 0 Å². The summed E-state index contributed by atoms with van der Waals surface area (Å²) in [6.07, 6.45) is 1.77. The Kier molecular flexibility index (Phi) is 5.31. The lowest BCUT2D eigenvalue weighted by Crippen LogP contribution is -2.33. The number of hydrogen-bond donors (Lipinski definition) is 0. The summed E-state index contributed by atoms with van der Waals surface area (Å²) < 4.78 is 5.52. The molecule has 126 valence electrons. The number of methoxy groups -OCH3 is 1. The number of thiocarbonyl (C=S) groups is 1. The summed E-state index contributed by atoms with van der Waals surface area (Å²) in [7, 11) is 1.60. The van der Waals surface area contributed by atoms with E-state index in [9.17, 15) is 9.59 Å². The van der Waals surface area contributed by atoms with Gasteiger partial charge in [0.2, 0.25) is 0 Å². The molecule has 3 rings (SSSR count). The predicted molar refractivity (Wildman–Crippen MR) is 104 cm³/mol. The second kappa shape index (κ2) is 7.63. The largest absolute Gasteiger partial charge is 0.497 e. The topological polar surface area (TPSA) is 46.6 Å². The van der Waals surface area contributed by atoms with Crippen LogP contribution in [0.1, 0.15) is 15.9 Å². The van der Waals surface area contributed by atoms with Gasteiger partial charge in [-0.05, 0) is 23.8 Å². The molecule has 1 amide bonds. The van der Waals surface area contributed by atoms with Gasteiger partial charge in [-0.3, -0.25) is 14.5 Å². The van der Waals surface area contributed by atoms with E-state index in [1.807, 2.05) is 30.3 Å². The van der Waals surface area contributed by atoms with Gasteiger partial charge in [0.25, 0.3) is 5.91 Å². The van der Waals surface area contributed by atoms with Crippen molar-refractivity contribution in [2.45, 2.75) is 0 Å². The summed E-state index contributed by atoms with van der Waals surface area (Å²) in [5.74, 6) is 0.371. The molecule has 1 saturated heterocycles. The Bertz CT molecular complexity index is 845. The number of nitrogens with zero attached hydrogens (tertiary/aromatic N) is 1. The molecule has 0 radical (unpaired) electrons. The van der Waals surface area contributed by atoms with Crippen molar-refractivity contribution >= 4 is 46.1 Å². The first-order valence-corrected chi connectivity index (χ1v) is 8.78. The van der Waals surface area contributed by atoms with E-state index in [1.165, 1.54) is 16.7 Å². The van der Waals surface area contributed by atoms with Crippen molar-refractivity contribution in [2.24, 2.45) is 0 Å². The monoisotopic (exact) mass is 369 g/mol. The average molecular weight is 369 g/mol. The molecule has 0 bridgehead atoms. The molecule has 4 nitrogen and oxygen atoms in total. The standard InChI is InChI=1S/C19H15NO3S2/c1-23-15-9-7-13(8-10-15)11-17-18(22)20(19(24)25-17)12-16(21)14-5-3-2-4-6-14/h2-11H,12H2,1H3/b17-11+. The lowest BCUT2D eigenvalue weighted by molar-refractivity contribution is -0.121. The Morgan fingerprint density at radius 2 is 1.84 bits per heavy atom. The fourth-order valence-corrected chi connectivity index (χ4v) is 3.60. The van der Waals surface area contributed by atoms with Crippen molar-refractivity contribution in [3.05, 3.63) is 70.6 Å². The molecule has 1 aliphatic heterocycles. The van der Waals surface area contributed by atoms with E-state index >= 15 is 0 Å². The summed E-state index contributed by atoms with van der Waals surface area (Å²) in [5.41, 5.74) is 1.44. The van der Waals surface area contributed by atoms with Crippen molar-refractivity contribution in [3.63, 3.8) is 0 Å². The maximum Gasteiger partial charge on any atom is 0.266 e.